The van der Waals surface area contributed by atoms with Gasteiger partial charge in [-0.15, -0.1) is 0 Å². The molecule has 0 aromatic heterocycles. The van der Waals surface area contributed by atoms with Crippen molar-refractivity contribution in [3.05, 3.63) is 59.7 Å². The van der Waals surface area contributed by atoms with E-state index in [1.807, 2.05) is 24.3 Å². The second-order valence-electron chi connectivity index (χ2n) is 4.75. The lowest BCUT2D eigenvalue weighted by molar-refractivity contribution is 0.0525. The summed E-state index contributed by atoms with van der Waals surface area (Å²) in [7, 11) is 0. The Morgan fingerprint density at radius 1 is 1.18 bits per heavy atom. The number of fused-ring (bicyclic) bond motifs is 1. The first-order chi connectivity index (χ1) is 10.6. The SMILES string of the molecule is C=CCOC(=O)c1c(C)c(C(=O)OCC)cc2ccccc12. The number of rotatable bonds is 5. The van der Waals surface area contributed by atoms with E-state index in [1.54, 1.807) is 19.9 Å². The molecule has 4 heteroatoms. The van der Waals surface area contributed by atoms with E-state index in [0.717, 1.165) is 10.8 Å². The highest BCUT2D eigenvalue weighted by Crippen LogP contribution is 2.27. The Kier molecular flexibility index (Phi) is 4.94. The normalized spacial score (nSPS) is 10.3. The first-order valence-electron chi connectivity index (χ1n) is 7.07. The van der Waals surface area contributed by atoms with Gasteiger partial charge in [0, 0.05) is 0 Å². The summed E-state index contributed by atoms with van der Waals surface area (Å²) >= 11 is 0. The van der Waals surface area contributed by atoms with Crippen molar-refractivity contribution in [2.75, 3.05) is 13.2 Å². The van der Waals surface area contributed by atoms with E-state index < -0.39 is 11.9 Å². The molecular weight excluding hydrogens is 280 g/mol. The molecule has 0 atom stereocenters. The molecule has 0 saturated heterocycles. The third kappa shape index (κ3) is 3.01. The third-order valence-corrected chi connectivity index (χ3v) is 3.34. The molecule has 0 spiro atoms. The van der Waals surface area contributed by atoms with E-state index in [1.165, 1.54) is 6.08 Å². The van der Waals surface area contributed by atoms with Crippen LogP contribution in [0.1, 0.15) is 33.2 Å². The van der Waals surface area contributed by atoms with Gasteiger partial charge in [-0.2, -0.15) is 0 Å². The van der Waals surface area contributed by atoms with Crippen molar-refractivity contribution in [2.24, 2.45) is 0 Å². The van der Waals surface area contributed by atoms with E-state index in [0.29, 0.717) is 16.7 Å². The molecular formula is C18H18O4. The van der Waals surface area contributed by atoms with Crippen LogP contribution in [0.3, 0.4) is 0 Å². The van der Waals surface area contributed by atoms with E-state index in [9.17, 15) is 9.59 Å². The van der Waals surface area contributed by atoms with Crippen molar-refractivity contribution < 1.29 is 19.1 Å². The van der Waals surface area contributed by atoms with Gasteiger partial charge in [0.15, 0.2) is 0 Å². The van der Waals surface area contributed by atoms with Gasteiger partial charge in [0.25, 0.3) is 0 Å². The molecule has 2 rings (SSSR count). The number of hydrogen-bond acceptors (Lipinski definition) is 4. The van der Waals surface area contributed by atoms with Gasteiger partial charge in [0.2, 0.25) is 0 Å². The summed E-state index contributed by atoms with van der Waals surface area (Å²) in [4.78, 5) is 24.5. The summed E-state index contributed by atoms with van der Waals surface area (Å²) in [6, 6.07) is 9.12. The number of carbonyl (C=O) groups is 2. The second kappa shape index (κ2) is 6.89. The van der Waals surface area contributed by atoms with Gasteiger partial charge in [0.05, 0.1) is 17.7 Å². The molecule has 0 amide bonds. The first-order valence-corrected chi connectivity index (χ1v) is 7.07. The first kappa shape index (κ1) is 15.8. The molecule has 0 bridgehead atoms. The van der Waals surface area contributed by atoms with E-state index in [2.05, 4.69) is 6.58 Å². The topological polar surface area (TPSA) is 52.6 Å². The maximum atomic E-state index is 12.3. The molecule has 0 heterocycles. The van der Waals surface area contributed by atoms with Crippen molar-refractivity contribution in [3.63, 3.8) is 0 Å². The fraction of sp³-hybridized carbons (Fsp3) is 0.222. The zero-order valence-electron chi connectivity index (χ0n) is 12.7. The molecule has 2 aromatic carbocycles. The van der Waals surface area contributed by atoms with Crippen LogP contribution in [0.5, 0.6) is 0 Å². The summed E-state index contributed by atoms with van der Waals surface area (Å²) in [5.41, 5.74) is 1.33. The second-order valence-corrected chi connectivity index (χ2v) is 4.75. The number of ether oxygens (including phenoxy) is 2. The van der Waals surface area contributed by atoms with Crippen LogP contribution in [0.25, 0.3) is 10.8 Å². The highest BCUT2D eigenvalue weighted by molar-refractivity contribution is 6.10. The summed E-state index contributed by atoms with van der Waals surface area (Å²) in [6.45, 7) is 7.40. The lowest BCUT2D eigenvalue weighted by atomic mass is 9.95. The lowest BCUT2D eigenvalue weighted by Gasteiger charge is -2.13. The Morgan fingerprint density at radius 2 is 1.91 bits per heavy atom. The Bertz CT molecular complexity index is 731. The van der Waals surface area contributed by atoms with Gasteiger partial charge in [-0.1, -0.05) is 36.9 Å². The molecule has 0 aliphatic heterocycles. The van der Waals surface area contributed by atoms with Crippen LogP contribution in [0.2, 0.25) is 0 Å². The molecule has 2 aromatic rings. The lowest BCUT2D eigenvalue weighted by Crippen LogP contribution is -2.13. The highest BCUT2D eigenvalue weighted by Gasteiger charge is 2.21. The minimum atomic E-state index is -0.472. The maximum absolute atomic E-state index is 12.3. The van der Waals surface area contributed by atoms with E-state index in [-0.39, 0.29) is 13.2 Å². The van der Waals surface area contributed by atoms with Crippen LogP contribution in [0.4, 0.5) is 0 Å². The maximum Gasteiger partial charge on any atom is 0.339 e. The predicted octanol–water partition coefficient (Wildman–Crippen LogP) is 3.67. The molecule has 0 radical (unpaired) electrons. The molecule has 0 saturated carbocycles. The highest BCUT2D eigenvalue weighted by atomic mass is 16.5. The zero-order chi connectivity index (χ0) is 16.1. The van der Waals surface area contributed by atoms with Crippen LogP contribution in [-0.4, -0.2) is 25.2 Å². The molecule has 0 N–H and O–H groups in total. The average Bonchev–Trinajstić information content (AvgIpc) is 2.52. The fourth-order valence-corrected chi connectivity index (χ4v) is 2.34. The number of hydrogen-bond donors (Lipinski definition) is 0. The minimum Gasteiger partial charge on any atom is -0.462 e. The number of benzene rings is 2. The summed E-state index contributed by atoms with van der Waals surface area (Å²) in [5.74, 6) is -0.914. The Morgan fingerprint density at radius 3 is 2.59 bits per heavy atom. The number of carbonyl (C=O) groups excluding carboxylic acids is 2. The summed E-state index contributed by atoms with van der Waals surface area (Å²) in [5, 5.41) is 1.55. The van der Waals surface area contributed by atoms with Gasteiger partial charge >= 0.3 is 11.9 Å². The molecule has 114 valence electrons. The van der Waals surface area contributed by atoms with Crippen molar-refractivity contribution >= 4 is 22.7 Å². The van der Waals surface area contributed by atoms with E-state index in [4.69, 9.17) is 9.47 Å². The Hall–Kier alpha value is -2.62. The average molecular weight is 298 g/mol. The van der Waals surface area contributed by atoms with E-state index >= 15 is 0 Å². The van der Waals surface area contributed by atoms with Crippen molar-refractivity contribution in [1.82, 2.24) is 0 Å². The molecule has 0 aliphatic rings. The van der Waals surface area contributed by atoms with Gasteiger partial charge in [-0.05, 0) is 36.2 Å². The van der Waals surface area contributed by atoms with Gasteiger partial charge < -0.3 is 9.47 Å². The van der Waals surface area contributed by atoms with Crippen LogP contribution in [0, 0.1) is 6.92 Å². The summed E-state index contributed by atoms with van der Waals surface area (Å²) < 4.78 is 10.2. The Labute approximate surface area is 129 Å². The molecule has 22 heavy (non-hydrogen) atoms. The van der Waals surface area contributed by atoms with Crippen LogP contribution in [0.15, 0.2) is 43.0 Å². The van der Waals surface area contributed by atoms with Crippen molar-refractivity contribution in [2.45, 2.75) is 13.8 Å². The molecule has 0 aliphatic carbocycles. The monoisotopic (exact) mass is 298 g/mol. The van der Waals surface area contributed by atoms with Crippen LogP contribution < -0.4 is 0 Å². The van der Waals surface area contributed by atoms with Gasteiger partial charge in [-0.3, -0.25) is 0 Å². The largest absolute Gasteiger partial charge is 0.462 e. The zero-order valence-corrected chi connectivity index (χ0v) is 12.7. The quantitative estimate of drug-likeness (QED) is 0.624. The molecule has 0 unspecified atom stereocenters. The van der Waals surface area contributed by atoms with Crippen molar-refractivity contribution in [3.8, 4) is 0 Å². The minimum absolute atomic E-state index is 0.121. The smallest absolute Gasteiger partial charge is 0.339 e. The standard InChI is InChI=1S/C18H18O4/c1-4-10-22-18(20)16-12(3)15(17(19)21-5-2)11-13-8-6-7-9-14(13)16/h4,6-9,11H,1,5,10H2,2-3H3. The third-order valence-electron chi connectivity index (χ3n) is 3.34. The molecule has 0 fully saturated rings. The predicted molar refractivity (Wildman–Crippen MR) is 85.1 cm³/mol. The Balaban J connectivity index is 2.65. The van der Waals surface area contributed by atoms with Gasteiger partial charge in [0.1, 0.15) is 6.61 Å². The molecule has 4 nitrogen and oxygen atoms in total. The van der Waals surface area contributed by atoms with Crippen molar-refractivity contribution in [1.29, 1.82) is 0 Å². The van der Waals surface area contributed by atoms with Crippen LogP contribution >= 0.6 is 0 Å². The van der Waals surface area contributed by atoms with Gasteiger partial charge in [-0.25, -0.2) is 9.59 Å². The number of esters is 2. The summed E-state index contributed by atoms with van der Waals surface area (Å²) in [6.07, 6.45) is 1.50. The fourth-order valence-electron chi connectivity index (χ4n) is 2.34. The van der Waals surface area contributed by atoms with Crippen LogP contribution in [-0.2, 0) is 9.47 Å².